The fraction of sp³-hybridized carbons (Fsp3) is 0.467. The highest BCUT2D eigenvalue weighted by molar-refractivity contribution is 7.89. The van der Waals surface area contributed by atoms with Gasteiger partial charge in [0.15, 0.2) is 0 Å². The lowest BCUT2D eigenvalue weighted by molar-refractivity contribution is 0.0926. The van der Waals surface area contributed by atoms with Gasteiger partial charge in [0, 0.05) is 25.6 Å². The molecule has 1 aromatic carbocycles. The summed E-state index contributed by atoms with van der Waals surface area (Å²) in [6.07, 6.45) is 0. The highest BCUT2D eigenvalue weighted by Gasteiger charge is 2.34. The van der Waals surface area contributed by atoms with Crippen molar-refractivity contribution in [1.82, 2.24) is 14.6 Å². The highest BCUT2D eigenvalue weighted by atomic mass is 32.2. The van der Waals surface area contributed by atoms with Gasteiger partial charge in [-0.1, -0.05) is 0 Å². The molecule has 1 N–H and O–H groups in total. The number of aromatic nitrogens is 1. The molecule has 2 aromatic rings. The monoisotopic (exact) mass is 369 g/mol. The lowest BCUT2D eigenvalue weighted by atomic mass is 10.1. The number of benzene rings is 1. The average Bonchev–Trinajstić information content (AvgIpc) is 3.15. The molecule has 24 heavy (non-hydrogen) atoms. The van der Waals surface area contributed by atoms with Crippen LogP contribution in [0.5, 0.6) is 0 Å². The number of ether oxygens (including phenoxy) is 1. The van der Waals surface area contributed by atoms with E-state index in [-0.39, 0.29) is 23.6 Å². The number of sulfonamides is 1. The number of hydrogen-bond acceptors (Lipinski definition) is 6. The Balaban J connectivity index is 1.70. The van der Waals surface area contributed by atoms with E-state index < -0.39 is 10.0 Å². The van der Waals surface area contributed by atoms with Gasteiger partial charge in [-0.15, -0.1) is 11.3 Å². The number of carbonyl (C=O) groups excluding carboxylic acids is 1. The molecule has 0 bridgehead atoms. The first-order chi connectivity index (χ1) is 11.4. The minimum absolute atomic E-state index is 0.0456. The molecule has 0 unspecified atom stereocenters. The summed E-state index contributed by atoms with van der Waals surface area (Å²) in [7, 11) is -0.339. The van der Waals surface area contributed by atoms with Crippen molar-refractivity contribution >= 4 is 37.5 Å². The van der Waals surface area contributed by atoms with Gasteiger partial charge >= 0.3 is 0 Å². The first kappa shape index (κ1) is 17.3. The van der Waals surface area contributed by atoms with Crippen molar-refractivity contribution in [3.8, 4) is 0 Å². The zero-order valence-electron chi connectivity index (χ0n) is 13.4. The lowest BCUT2D eigenvalue weighted by Crippen LogP contribution is -2.43. The summed E-state index contributed by atoms with van der Waals surface area (Å²) in [4.78, 5) is 16.7. The molecule has 1 amide bonds. The summed E-state index contributed by atoms with van der Waals surface area (Å²) in [5.41, 5.74) is 3.02. The predicted molar refractivity (Wildman–Crippen MR) is 92.7 cm³/mol. The smallest absolute Gasteiger partial charge is 0.251 e. The Morgan fingerprint density at radius 3 is 2.96 bits per heavy atom. The van der Waals surface area contributed by atoms with Crippen LogP contribution in [-0.4, -0.2) is 62.7 Å². The van der Waals surface area contributed by atoms with E-state index in [9.17, 15) is 13.2 Å². The Hall–Kier alpha value is -1.55. The van der Waals surface area contributed by atoms with E-state index in [0.29, 0.717) is 18.8 Å². The van der Waals surface area contributed by atoms with Gasteiger partial charge < -0.3 is 10.1 Å². The largest absolute Gasteiger partial charge is 0.379 e. The maximum absolute atomic E-state index is 12.5. The van der Waals surface area contributed by atoms with E-state index in [4.69, 9.17) is 4.74 Å². The summed E-state index contributed by atoms with van der Waals surface area (Å²) >= 11 is 1.52. The van der Waals surface area contributed by atoms with Crippen molar-refractivity contribution in [3.63, 3.8) is 0 Å². The Labute approximate surface area is 144 Å². The molecule has 9 heteroatoms. The molecule has 1 saturated heterocycles. The second-order valence-electron chi connectivity index (χ2n) is 5.97. The summed E-state index contributed by atoms with van der Waals surface area (Å²) in [5, 5.41) is 2.89. The van der Waals surface area contributed by atoms with Gasteiger partial charge in [-0.3, -0.25) is 4.79 Å². The Bertz CT molecular complexity index is 847. The molecule has 3 rings (SSSR count). The third kappa shape index (κ3) is 3.59. The third-order valence-corrected chi connectivity index (χ3v) is 6.86. The van der Waals surface area contributed by atoms with Crippen LogP contribution in [0, 0.1) is 5.92 Å². The lowest BCUT2D eigenvalue weighted by Gasteiger charge is -2.21. The summed E-state index contributed by atoms with van der Waals surface area (Å²) in [5.74, 6) is -0.548. The van der Waals surface area contributed by atoms with Crippen molar-refractivity contribution in [2.45, 2.75) is 6.04 Å². The fourth-order valence-electron chi connectivity index (χ4n) is 2.59. The topological polar surface area (TPSA) is 88.6 Å². The molecular weight excluding hydrogens is 350 g/mol. The molecular formula is C15H19N3O4S2. The molecule has 7 nitrogen and oxygen atoms in total. The summed E-state index contributed by atoms with van der Waals surface area (Å²) in [6, 6.07) is 5.03. The number of thiazole rings is 1. The van der Waals surface area contributed by atoms with Gasteiger partial charge in [0.1, 0.15) is 0 Å². The van der Waals surface area contributed by atoms with Crippen molar-refractivity contribution in [2.24, 2.45) is 5.92 Å². The maximum Gasteiger partial charge on any atom is 0.251 e. The molecule has 1 aliphatic rings. The van der Waals surface area contributed by atoms with E-state index in [1.807, 2.05) is 6.07 Å². The molecule has 1 aromatic heterocycles. The molecule has 2 heterocycles. The second-order valence-corrected chi connectivity index (χ2v) is 9.09. The van der Waals surface area contributed by atoms with Crippen molar-refractivity contribution < 1.29 is 17.9 Å². The summed E-state index contributed by atoms with van der Waals surface area (Å²) in [6.45, 7) is 0.640. The van der Waals surface area contributed by atoms with Crippen molar-refractivity contribution in [3.05, 3.63) is 29.3 Å². The number of nitrogens with one attached hydrogen (secondary N) is 1. The number of rotatable bonds is 5. The zero-order valence-corrected chi connectivity index (χ0v) is 15.1. The van der Waals surface area contributed by atoms with Crippen LogP contribution in [0.25, 0.3) is 10.2 Å². The number of hydrogen-bond donors (Lipinski definition) is 1. The van der Waals surface area contributed by atoms with Crippen LogP contribution in [0.1, 0.15) is 10.4 Å². The molecule has 0 spiro atoms. The van der Waals surface area contributed by atoms with Crippen LogP contribution in [0.4, 0.5) is 0 Å². The van der Waals surface area contributed by atoms with Gasteiger partial charge in [-0.2, -0.15) is 0 Å². The second kappa shape index (κ2) is 6.75. The van der Waals surface area contributed by atoms with Crippen LogP contribution in [0.3, 0.4) is 0 Å². The average molecular weight is 369 g/mol. The minimum atomic E-state index is -3.34. The fourth-order valence-corrected chi connectivity index (χ4v) is 4.42. The Morgan fingerprint density at radius 1 is 1.42 bits per heavy atom. The first-order valence-corrected chi connectivity index (χ1v) is 9.98. The predicted octanol–water partition coefficient (Wildman–Crippen LogP) is 0.933. The Morgan fingerprint density at radius 2 is 2.21 bits per heavy atom. The molecule has 1 aliphatic heterocycles. The standard InChI is InChI=1S/C15H19N3O4S2/c1-18(2)24(20,21)8-11-6-22-7-13(11)17-15(19)10-3-4-14-12(5-10)16-9-23-14/h3-5,9,11,13H,6-8H2,1-2H3,(H,17,19)/t11-,13-/m0/s1. The van der Waals surface area contributed by atoms with Crippen molar-refractivity contribution in [1.29, 1.82) is 0 Å². The van der Waals surface area contributed by atoms with E-state index in [1.165, 1.54) is 29.7 Å². The van der Waals surface area contributed by atoms with E-state index in [2.05, 4.69) is 10.3 Å². The third-order valence-electron chi connectivity index (χ3n) is 4.09. The number of nitrogens with zero attached hydrogens (tertiary/aromatic N) is 2. The maximum atomic E-state index is 12.5. The van der Waals surface area contributed by atoms with Gasteiger partial charge in [0.05, 0.1) is 40.7 Å². The number of fused-ring (bicyclic) bond motifs is 1. The van der Waals surface area contributed by atoms with Crippen LogP contribution in [-0.2, 0) is 14.8 Å². The van der Waals surface area contributed by atoms with Gasteiger partial charge in [-0.05, 0) is 18.2 Å². The molecule has 0 aliphatic carbocycles. The minimum Gasteiger partial charge on any atom is -0.379 e. The molecule has 0 saturated carbocycles. The van der Waals surface area contributed by atoms with Crippen molar-refractivity contribution in [2.75, 3.05) is 33.1 Å². The number of carbonyl (C=O) groups is 1. The van der Waals surface area contributed by atoms with Gasteiger partial charge in [0.25, 0.3) is 5.91 Å². The molecule has 130 valence electrons. The number of amides is 1. The molecule has 1 fully saturated rings. The van der Waals surface area contributed by atoms with Gasteiger partial charge in [-0.25, -0.2) is 17.7 Å². The van der Waals surface area contributed by atoms with Gasteiger partial charge in [0.2, 0.25) is 10.0 Å². The van der Waals surface area contributed by atoms with Crippen LogP contribution >= 0.6 is 11.3 Å². The molecule has 2 atom stereocenters. The normalized spacial score (nSPS) is 21.5. The highest BCUT2D eigenvalue weighted by Crippen LogP contribution is 2.20. The van der Waals surface area contributed by atoms with E-state index in [0.717, 1.165) is 10.2 Å². The van der Waals surface area contributed by atoms with E-state index in [1.54, 1.807) is 17.6 Å². The zero-order chi connectivity index (χ0) is 17.3. The summed E-state index contributed by atoms with van der Waals surface area (Å²) < 4.78 is 31.7. The van der Waals surface area contributed by atoms with Crippen LogP contribution in [0.2, 0.25) is 0 Å². The SMILES string of the molecule is CN(C)S(=O)(=O)C[C@@H]1COC[C@@H]1NC(=O)c1ccc2scnc2c1. The van der Waals surface area contributed by atoms with E-state index >= 15 is 0 Å². The van der Waals surface area contributed by atoms with Crippen LogP contribution < -0.4 is 5.32 Å². The first-order valence-electron chi connectivity index (χ1n) is 7.49. The van der Waals surface area contributed by atoms with Crippen LogP contribution in [0.15, 0.2) is 23.7 Å². The quantitative estimate of drug-likeness (QED) is 0.847. The molecule has 0 radical (unpaired) electrons. The Kier molecular flexibility index (Phi) is 4.86.